The Morgan fingerprint density at radius 1 is 1.67 bits per heavy atom. The van der Waals surface area contributed by atoms with Crippen LogP contribution in [-0.4, -0.2) is 11.2 Å². The van der Waals surface area contributed by atoms with E-state index >= 15 is 0 Å². The van der Waals surface area contributed by atoms with Gasteiger partial charge in [0.2, 0.25) is 0 Å². The van der Waals surface area contributed by atoms with Gasteiger partial charge < -0.3 is 5.11 Å². The van der Waals surface area contributed by atoms with Gasteiger partial charge in [0.25, 0.3) is 0 Å². The molecule has 0 bridgehead atoms. The molecule has 2 atom stereocenters. The van der Waals surface area contributed by atoms with Crippen molar-refractivity contribution in [3.8, 4) is 0 Å². The highest BCUT2D eigenvalue weighted by atomic mass is 16.3. The van der Waals surface area contributed by atoms with Crippen LogP contribution in [0.3, 0.4) is 0 Å². The lowest BCUT2D eigenvalue weighted by Crippen LogP contribution is -2.20. The van der Waals surface area contributed by atoms with Crippen LogP contribution in [0.2, 0.25) is 0 Å². The first-order valence-corrected chi connectivity index (χ1v) is 3.54. The van der Waals surface area contributed by atoms with Crippen LogP contribution in [0.25, 0.3) is 0 Å². The third-order valence-corrected chi connectivity index (χ3v) is 2.03. The summed E-state index contributed by atoms with van der Waals surface area (Å²) in [5, 5.41) is 9.31. The smallest absolute Gasteiger partial charge is 0.0605 e. The molecule has 0 heterocycles. The molecule has 0 aromatic heterocycles. The molecule has 0 unspecified atom stereocenters. The van der Waals surface area contributed by atoms with Crippen molar-refractivity contribution in [2.75, 3.05) is 0 Å². The Labute approximate surface area is 56.4 Å². The maximum atomic E-state index is 9.31. The fourth-order valence-electron chi connectivity index (χ4n) is 1.16. The standard InChI is InChI=1S/C8H14O/c1-6-3-4-7(2)8(9)5-6/h3,7-9H,4-5H2,1-2H3/t7-,8-/m1/s1. The Bertz CT molecular complexity index is 127. The Hall–Kier alpha value is -0.300. The first-order chi connectivity index (χ1) is 4.20. The molecule has 0 spiro atoms. The summed E-state index contributed by atoms with van der Waals surface area (Å²) < 4.78 is 0. The van der Waals surface area contributed by atoms with Crippen molar-refractivity contribution in [1.82, 2.24) is 0 Å². The van der Waals surface area contributed by atoms with Gasteiger partial charge in [0, 0.05) is 0 Å². The summed E-state index contributed by atoms with van der Waals surface area (Å²) in [6.45, 7) is 4.17. The third kappa shape index (κ3) is 1.55. The molecule has 0 saturated heterocycles. The van der Waals surface area contributed by atoms with Crippen LogP contribution in [0.15, 0.2) is 11.6 Å². The molecule has 0 fully saturated rings. The number of aliphatic hydroxyl groups is 1. The zero-order valence-corrected chi connectivity index (χ0v) is 6.09. The van der Waals surface area contributed by atoms with Crippen molar-refractivity contribution in [3.63, 3.8) is 0 Å². The molecule has 1 nitrogen and oxygen atoms in total. The number of allylic oxidation sites excluding steroid dienone is 1. The third-order valence-electron chi connectivity index (χ3n) is 2.03. The summed E-state index contributed by atoms with van der Waals surface area (Å²) in [6.07, 6.45) is 4.06. The van der Waals surface area contributed by atoms with Gasteiger partial charge in [-0.25, -0.2) is 0 Å². The van der Waals surface area contributed by atoms with Gasteiger partial charge in [0.05, 0.1) is 6.10 Å². The van der Waals surface area contributed by atoms with Crippen molar-refractivity contribution in [1.29, 1.82) is 0 Å². The lowest BCUT2D eigenvalue weighted by atomic mass is 9.89. The molecular formula is C8H14O. The van der Waals surface area contributed by atoms with E-state index in [9.17, 15) is 5.11 Å². The predicted molar refractivity (Wildman–Crippen MR) is 38.2 cm³/mol. The second-order valence-corrected chi connectivity index (χ2v) is 3.03. The van der Waals surface area contributed by atoms with Gasteiger partial charge in [-0.1, -0.05) is 18.6 Å². The summed E-state index contributed by atoms with van der Waals surface area (Å²) in [4.78, 5) is 0. The fourth-order valence-corrected chi connectivity index (χ4v) is 1.16. The van der Waals surface area contributed by atoms with Crippen LogP contribution in [0.4, 0.5) is 0 Å². The summed E-state index contributed by atoms with van der Waals surface area (Å²) >= 11 is 0. The molecule has 0 aliphatic heterocycles. The second-order valence-electron chi connectivity index (χ2n) is 3.03. The summed E-state index contributed by atoms with van der Waals surface area (Å²) in [7, 11) is 0. The normalized spacial score (nSPS) is 36.1. The van der Waals surface area contributed by atoms with E-state index in [1.165, 1.54) is 5.57 Å². The molecule has 0 radical (unpaired) electrons. The van der Waals surface area contributed by atoms with E-state index in [-0.39, 0.29) is 6.10 Å². The fraction of sp³-hybridized carbons (Fsp3) is 0.750. The molecule has 1 aliphatic rings. The van der Waals surface area contributed by atoms with Crippen molar-refractivity contribution in [2.45, 2.75) is 32.8 Å². The van der Waals surface area contributed by atoms with Gasteiger partial charge in [-0.15, -0.1) is 0 Å². The minimum atomic E-state index is -0.0880. The van der Waals surface area contributed by atoms with E-state index in [2.05, 4.69) is 19.9 Å². The average Bonchev–Trinajstić information content (AvgIpc) is 1.80. The zero-order valence-electron chi connectivity index (χ0n) is 6.09. The highest BCUT2D eigenvalue weighted by Crippen LogP contribution is 2.22. The molecule has 0 aromatic rings. The maximum Gasteiger partial charge on any atom is 0.0605 e. The van der Waals surface area contributed by atoms with E-state index in [1.807, 2.05) is 0 Å². The molecular weight excluding hydrogens is 112 g/mol. The van der Waals surface area contributed by atoms with Crippen LogP contribution in [0.1, 0.15) is 26.7 Å². The Morgan fingerprint density at radius 3 is 2.78 bits per heavy atom. The van der Waals surface area contributed by atoms with Crippen molar-refractivity contribution in [3.05, 3.63) is 11.6 Å². The van der Waals surface area contributed by atoms with Crippen LogP contribution < -0.4 is 0 Å². The van der Waals surface area contributed by atoms with Crippen LogP contribution in [0.5, 0.6) is 0 Å². The number of aliphatic hydroxyl groups excluding tert-OH is 1. The molecule has 1 aliphatic carbocycles. The van der Waals surface area contributed by atoms with Crippen LogP contribution in [0, 0.1) is 5.92 Å². The number of hydrogen-bond acceptors (Lipinski definition) is 1. The summed E-state index contributed by atoms with van der Waals surface area (Å²) in [6, 6.07) is 0. The van der Waals surface area contributed by atoms with E-state index in [1.54, 1.807) is 0 Å². The van der Waals surface area contributed by atoms with E-state index in [0.29, 0.717) is 5.92 Å². The average molecular weight is 126 g/mol. The molecule has 1 N–H and O–H groups in total. The summed E-state index contributed by atoms with van der Waals surface area (Å²) in [5.41, 5.74) is 1.33. The molecule has 1 rings (SSSR count). The molecule has 52 valence electrons. The van der Waals surface area contributed by atoms with E-state index < -0.39 is 0 Å². The minimum absolute atomic E-state index is 0.0880. The molecule has 0 saturated carbocycles. The first kappa shape index (κ1) is 6.81. The lowest BCUT2D eigenvalue weighted by molar-refractivity contribution is 0.112. The SMILES string of the molecule is CC1=CC[C@@H](C)[C@H](O)C1. The lowest BCUT2D eigenvalue weighted by Gasteiger charge is -2.22. The van der Waals surface area contributed by atoms with Crippen LogP contribution >= 0.6 is 0 Å². The van der Waals surface area contributed by atoms with Crippen molar-refractivity contribution < 1.29 is 5.11 Å². The highest BCUT2D eigenvalue weighted by Gasteiger charge is 2.17. The quantitative estimate of drug-likeness (QED) is 0.490. The van der Waals surface area contributed by atoms with Gasteiger partial charge >= 0.3 is 0 Å². The maximum absolute atomic E-state index is 9.31. The summed E-state index contributed by atoms with van der Waals surface area (Å²) in [5.74, 6) is 0.466. The molecule has 0 aromatic carbocycles. The second kappa shape index (κ2) is 2.53. The zero-order chi connectivity index (χ0) is 6.85. The highest BCUT2D eigenvalue weighted by molar-refractivity contribution is 5.05. The van der Waals surface area contributed by atoms with Crippen molar-refractivity contribution >= 4 is 0 Å². The van der Waals surface area contributed by atoms with E-state index in [0.717, 1.165) is 12.8 Å². The molecule has 1 heteroatoms. The number of hydrogen-bond donors (Lipinski definition) is 1. The van der Waals surface area contributed by atoms with Crippen LogP contribution in [-0.2, 0) is 0 Å². The van der Waals surface area contributed by atoms with Gasteiger partial charge in [-0.2, -0.15) is 0 Å². The van der Waals surface area contributed by atoms with Gasteiger partial charge in [-0.05, 0) is 25.7 Å². The monoisotopic (exact) mass is 126 g/mol. The predicted octanol–water partition coefficient (Wildman–Crippen LogP) is 1.72. The van der Waals surface area contributed by atoms with Gasteiger partial charge in [0.15, 0.2) is 0 Å². The van der Waals surface area contributed by atoms with Gasteiger partial charge in [-0.3, -0.25) is 0 Å². The Balaban J connectivity index is 2.54. The minimum Gasteiger partial charge on any atom is -0.393 e. The first-order valence-electron chi connectivity index (χ1n) is 3.54. The largest absolute Gasteiger partial charge is 0.393 e. The van der Waals surface area contributed by atoms with Gasteiger partial charge in [0.1, 0.15) is 0 Å². The Kier molecular flexibility index (Phi) is 1.91. The molecule has 9 heavy (non-hydrogen) atoms. The topological polar surface area (TPSA) is 20.2 Å². The molecule has 0 amide bonds. The Morgan fingerprint density at radius 2 is 2.33 bits per heavy atom. The van der Waals surface area contributed by atoms with Crippen molar-refractivity contribution in [2.24, 2.45) is 5.92 Å². The number of rotatable bonds is 0. The van der Waals surface area contributed by atoms with E-state index in [4.69, 9.17) is 0 Å².